The van der Waals surface area contributed by atoms with E-state index in [4.69, 9.17) is 11.6 Å². The number of piperidine rings is 1. The topological polar surface area (TPSA) is 53.7 Å². The van der Waals surface area contributed by atoms with Gasteiger partial charge in [-0.1, -0.05) is 48.1 Å². The third kappa shape index (κ3) is 3.03. The first-order chi connectivity index (χ1) is 12.0. The summed E-state index contributed by atoms with van der Waals surface area (Å²) in [7, 11) is 0. The maximum atomic E-state index is 10.8. The quantitative estimate of drug-likeness (QED) is 0.741. The summed E-state index contributed by atoms with van der Waals surface area (Å²) in [6.45, 7) is 6.09. The number of benzene rings is 1. The van der Waals surface area contributed by atoms with Crippen LogP contribution in [-0.4, -0.2) is 37.7 Å². The zero-order valence-electron chi connectivity index (χ0n) is 14.3. The molecule has 1 fully saturated rings. The van der Waals surface area contributed by atoms with Gasteiger partial charge in [-0.2, -0.15) is 4.52 Å². The summed E-state index contributed by atoms with van der Waals surface area (Å²) in [5.41, 5.74) is 1.02. The summed E-state index contributed by atoms with van der Waals surface area (Å²) < 4.78 is 1.53. The molecule has 25 heavy (non-hydrogen) atoms. The highest BCUT2D eigenvalue weighted by molar-refractivity contribution is 7.17. The predicted octanol–water partition coefficient (Wildman–Crippen LogP) is 4.28. The lowest BCUT2D eigenvalue weighted by molar-refractivity contribution is 0.149. The van der Waals surface area contributed by atoms with Crippen LogP contribution in [0.25, 0.3) is 4.96 Å². The number of thiazole rings is 1. The van der Waals surface area contributed by atoms with Crippen LogP contribution < -0.4 is 0 Å². The van der Waals surface area contributed by atoms with E-state index in [9.17, 15) is 5.11 Å². The number of aryl methyl sites for hydroxylation is 1. The van der Waals surface area contributed by atoms with Crippen LogP contribution in [0.2, 0.25) is 5.02 Å². The monoisotopic (exact) mass is 376 g/mol. The van der Waals surface area contributed by atoms with Gasteiger partial charge in [-0.05, 0) is 43.9 Å². The second-order valence-electron chi connectivity index (χ2n) is 6.81. The van der Waals surface area contributed by atoms with E-state index in [0.29, 0.717) is 16.7 Å². The molecule has 0 saturated carbocycles. The highest BCUT2D eigenvalue weighted by Crippen LogP contribution is 2.43. The summed E-state index contributed by atoms with van der Waals surface area (Å²) in [6, 6.07) is 7.82. The van der Waals surface area contributed by atoms with Gasteiger partial charge in [-0.15, -0.1) is 5.10 Å². The molecule has 0 bridgehead atoms. The van der Waals surface area contributed by atoms with Gasteiger partial charge in [0.1, 0.15) is 5.82 Å². The maximum Gasteiger partial charge on any atom is 0.230 e. The fourth-order valence-electron chi connectivity index (χ4n) is 3.69. The van der Waals surface area contributed by atoms with Crippen molar-refractivity contribution >= 4 is 27.9 Å². The molecule has 0 spiro atoms. The van der Waals surface area contributed by atoms with Crippen molar-refractivity contribution in [2.45, 2.75) is 32.7 Å². The fourth-order valence-corrected chi connectivity index (χ4v) is 5.08. The number of fused-ring (bicyclic) bond motifs is 1. The molecule has 3 heterocycles. The molecule has 1 aliphatic heterocycles. The molecule has 2 atom stereocenters. The average molecular weight is 377 g/mol. The van der Waals surface area contributed by atoms with E-state index in [1.165, 1.54) is 22.3 Å². The minimum absolute atomic E-state index is 0.0785. The van der Waals surface area contributed by atoms with Gasteiger partial charge in [-0.25, -0.2) is 4.98 Å². The first kappa shape index (κ1) is 16.8. The van der Waals surface area contributed by atoms with E-state index in [0.717, 1.165) is 35.0 Å². The Bertz CT molecular complexity index is 906. The summed E-state index contributed by atoms with van der Waals surface area (Å²) in [5.74, 6) is 1.46. The number of hydrogen-bond acceptors (Lipinski definition) is 5. The molecule has 1 saturated heterocycles. The molecule has 0 amide bonds. The number of aromatic nitrogens is 3. The number of halogens is 1. The number of hydrogen-bond donors (Lipinski definition) is 1. The van der Waals surface area contributed by atoms with Gasteiger partial charge in [0.15, 0.2) is 0 Å². The van der Waals surface area contributed by atoms with Crippen LogP contribution in [-0.2, 0) is 0 Å². The van der Waals surface area contributed by atoms with Gasteiger partial charge < -0.3 is 5.11 Å². The molecule has 2 aromatic heterocycles. The van der Waals surface area contributed by atoms with Crippen molar-refractivity contribution < 1.29 is 5.11 Å². The maximum absolute atomic E-state index is 10.8. The average Bonchev–Trinajstić information content (AvgIpc) is 3.08. The van der Waals surface area contributed by atoms with Gasteiger partial charge in [0, 0.05) is 11.6 Å². The van der Waals surface area contributed by atoms with Crippen molar-refractivity contribution in [1.82, 2.24) is 19.5 Å². The Hall–Kier alpha value is -1.63. The molecule has 0 radical (unpaired) electrons. The Kier molecular flexibility index (Phi) is 4.43. The Balaban J connectivity index is 1.85. The molecule has 132 valence electrons. The Morgan fingerprint density at radius 1 is 1.36 bits per heavy atom. The Morgan fingerprint density at radius 2 is 2.16 bits per heavy atom. The zero-order valence-corrected chi connectivity index (χ0v) is 15.9. The number of aromatic hydroxyl groups is 1. The van der Waals surface area contributed by atoms with E-state index < -0.39 is 0 Å². The van der Waals surface area contributed by atoms with E-state index in [2.05, 4.69) is 21.9 Å². The van der Waals surface area contributed by atoms with Crippen LogP contribution in [0.5, 0.6) is 5.88 Å². The highest BCUT2D eigenvalue weighted by atomic mass is 35.5. The van der Waals surface area contributed by atoms with E-state index in [1.807, 2.05) is 31.2 Å². The normalized spacial score (nSPS) is 20.2. The molecule has 3 aromatic rings. The van der Waals surface area contributed by atoms with Crippen molar-refractivity contribution in [2.24, 2.45) is 5.92 Å². The molecule has 1 N–H and O–H groups in total. The van der Waals surface area contributed by atoms with Crippen molar-refractivity contribution in [3.63, 3.8) is 0 Å². The Labute approximate surface area is 155 Å². The van der Waals surface area contributed by atoms with Gasteiger partial charge in [0.25, 0.3) is 0 Å². The molecule has 4 rings (SSSR count). The molecule has 1 aliphatic rings. The van der Waals surface area contributed by atoms with Crippen molar-refractivity contribution in [3.8, 4) is 5.88 Å². The van der Waals surface area contributed by atoms with Crippen LogP contribution >= 0.6 is 22.9 Å². The molecule has 5 nitrogen and oxygen atoms in total. The predicted molar refractivity (Wildman–Crippen MR) is 101 cm³/mol. The first-order valence-electron chi connectivity index (χ1n) is 8.58. The summed E-state index contributed by atoms with van der Waals surface area (Å²) in [5, 5.41) is 15.9. The van der Waals surface area contributed by atoms with E-state index in [1.54, 1.807) is 0 Å². The lowest BCUT2D eigenvalue weighted by Crippen LogP contribution is -2.37. The highest BCUT2D eigenvalue weighted by Gasteiger charge is 2.32. The van der Waals surface area contributed by atoms with Crippen LogP contribution in [0.3, 0.4) is 0 Å². The van der Waals surface area contributed by atoms with E-state index in [-0.39, 0.29) is 11.9 Å². The number of likely N-dealkylation sites (tertiary alicyclic amines) is 1. The standard InChI is InChI=1S/C18H21ClN4OS/c1-11-6-5-9-22(10-11)15(13-7-3-4-8-14(13)19)16-17(24)23-18(25-16)20-12(2)21-23/h3-4,7-8,11,15,24H,5-6,9-10H2,1-2H3/t11-,15-/m1/s1. The molecule has 1 aromatic carbocycles. The number of rotatable bonds is 3. The van der Waals surface area contributed by atoms with Crippen LogP contribution in [0.1, 0.15) is 42.1 Å². The largest absolute Gasteiger partial charge is 0.492 e. The smallest absolute Gasteiger partial charge is 0.230 e. The van der Waals surface area contributed by atoms with Gasteiger partial charge >= 0.3 is 0 Å². The Morgan fingerprint density at radius 3 is 2.88 bits per heavy atom. The van der Waals surface area contributed by atoms with Crippen molar-refractivity contribution in [3.05, 3.63) is 45.6 Å². The van der Waals surface area contributed by atoms with Crippen LogP contribution in [0.15, 0.2) is 24.3 Å². The molecule has 0 unspecified atom stereocenters. The lowest BCUT2D eigenvalue weighted by atomic mass is 9.95. The van der Waals surface area contributed by atoms with Crippen LogP contribution in [0.4, 0.5) is 0 Å². The van der Waals surface area contributed by atoms with Gasteiger partial charge in [0.05, 0.1) is 10.9 Å². The summed E-state index contributed by atoms with van der Waals surface area (Å²) in [4.78, 5) is 8.41. The summed E-state index contributed by atoms with van der Waals surface area (Å²) >= 11 is 8.02. The minimum atomic E-state index is -0.0785. The molecule has 0 aliphatic carbocycles. The molecular formula is C18H21ClN4OS. The first-order valence-corrected chi connectivity index (χ1v) is 9.77. The molecular weight excluding hydrogens is 356 g/mol. The zero-order chi connectivity index (χ0) is 17.6. The van der Waals surface area contributed by atoms with Crippen LogP contribution in [0, 0.1) is 12.8 Å². The number of nitrogens with zero attached hydrogens (tertiary/aromatic N) is 4. The second-order valence-corrected chi connectivity index (χ2v) is 8.23. The fraction of sp³-hybridized carbons (Fsp3) is 0.444. The lowest BCUT2D eigenvalue weighted by Gasteiger charge is -2.37. The third-order valence-electron chi connectivity index (χ3n) is 4.81. The third-order valence-corrected chi connectivity index (χ3v) is 6.22. The van der Waals surface area contributed by atoms with E-state index >= 15 is 0 Å². The van der Waals surface area contributed by atoms with Crippen molar-refractivity contribution in [1.29, 1.82) is 0 Å². The van der Waals surface area contributed by atoms with Crippen molar-refractivity contribution in [2.75, 3.05) is 13.1 Å². The molecule has 7 heteroatoms. The summed E-state index contributed by atoms with van der Waals surface area (Å²) in [6.07, 6.45) is 2.40. The van der Waals surface area contributed by atoms with Gasteiger partial charge in [0.2, 0.25) is 10.8 Å². The van der Waals surface area contributed by atoms with Gasteiger partial charge in [-0.3, -0.25) is 4.90 Å². The second kappa shape index (κ2) is 6.59. The minimum Gasteiger partial charge on any atom is -0.492 e. The SMILES string of the molecule is Cc1nc2sc([C@@H](c3ccccc3Cl)N3CCC[C@@H](C)C3)c(O)n2n1.